The van der Waals surface area contributed by atoms with Gasteiger partial charge in [0.2, 0.25) is 0 Å². The van der Waals surface area contributed by atoms with Crippen LogP contribution in [0.1, 0.15) is 29.9 Å². The van der Waals surface area contributed by atoms with E-state index in [0.717, 1.165) is 17.0 Å². The van der Waals surface area contributed by atoms with E-state index in [0.29, 0.717) is 12.1 Å². The molecule has 0 aliphatic rings. The van der Waals surface area contributed by atoms with Crippen molar-refractivity contribution >= 4 is 11.3 Å². The molecule has 118 valence electrons. The minimum atomic E-state index is -0.353. The number of nitrogens with zero attached hydrogens (tertiary/aromatic N) is 4. The SMILES string of the molecule is Cc1c(CN[C@@H](C)c2nnc3ccccn23)cccc1[N+](=O)[O-]. The van der Waals surface area contributed by atoms with E-state index in [1.54, 1.807) is 13.0 Å². The molecule has 1 aromatic carbocycles. The average molecular weight is 311 g/mol. The van der Waals surface area contributed by atoms with Gasteiger partial charge in [0.05, 0.1) is 11.0 Å². The first-order valence-electron chi connectivity index (χ1n) is 7.34. The van der Waals surface area contributed by atoms with Crippen LogP contribution in [0.3, 0.4) is 0 Å². The van der Waals surface area contributed by atoms with Crippen LogP contribution >= 0.6 is 0 Å². The molecule has 1 N–H and O–H groups in total. The van der Waals surface area contributed by atoms with Crippen molar-refractivity contribution in [1.29, 1.82) is 0 Å². The number of hydrogen-bond acceptors (Lipinski definition) is 5. The molecule has 0 aliphatic carbocycles. The first-order chi connectivity index (χ1) is 11.1. The summed E-state index contributed by atoms with van der Waals surface area (Å²) in [7, 11) is 0. The van der Waals surface area contributed by atoms with E-state index in [-0.39, 0.29) is 16.7 Å². The Labute approximate surface area is 133 Å². The van der Waals surface area contributed by atoms with Crippen LogP contribution in [0.15, 0.2) is 42.6 Å². The molecule has 7 nitrogen and oxygen atoms in total. The third-order valence-electron chi connectivity index (χ3n) is 3.94. The number of nitro groups is 1. The van der Waals surface area contributed by atoms with Crippen LogP contribution < -0.4 is 5.32 Å². The van der Waals surface area contributed by atoms with Gasteiger partial charge in [0.15, 0.2) is 11.5 Å². The summed E-state index contributed by atoms with van der Waals surface area (Å²) < 4.78 is 1.93. The van der Waals surface area contributed by atoms with Crippen molar-refractivity contribution in [2.75, 3.05) is 0 Å². The maximum Gasteiger partial charge on any atom is 0.272 e. The summed E-state index contributed by atoms with van der Waals surface area (Å²) in [4.78, 5) is 10.7. The predicted molar refractivity (Wildman–Crippen MR) is 86.1 cm³/mol. The van der Waals surface area contributed by atoms with E-state index in [1.165, 1.54) is 6.07 Å². The van der Waals surface area contributed by atoms with E-state index < -0.39 is 0 Å². The van der Waals surface area contributed by atoms with E-state index in [2.05, 4.69) is 15.5 Å². The number of nitrogens with one attached hydrogen (secondary N) is 1. The van der Waals surface area contributed by atoms with Crippen LogP contribution in [-0.2, 0) is 6.54 Å². The van der Waals surface area contributed by atoms with E-state index in [9.17, 15) is 10.1 Å². The second-order valence-corrected chi connectivity index (χ2v) is 5.41. The Balaban J connectivity index is 1.78. The summed E-state index contributed by atoms with van der Waals surface area (Å²) in [5, 5.41) is 22.7. The normalized spacial score (nSPS) is 12.4. The quantitative estimate of drug-likeness (QED) is 0.578. The van der Waals surface area contributed by atoms with Crippen LogP contribution in [0, 0.1) is 17.0 Å². The van der Waals surface area contributed by atoms with E-state index in [1.807, 2.05) is 41.8 Å². The molecule has 0 spiro atoms. The molecule has 2 aromatic heterocycles. The third kappa shape index (κ3) is 2.91. The number of hydrogen-bond donors (Lipinski definition) is 1. The summed E-state index contributed by atoms with van der Waals surface area (Å²) in [6.45, 7) is 4.29. The first kappa shape index (κ1) is 15.1. The molecule has 0 bridgehead atoms. The third-order valence-corrected chi connectivity index (χ3v) is 3.94. The average Bonchev–Trinajstić information content (AvgIpc) is 2.97. The Morgan fingerprint density at radius 1 is 1.26 bits per heavy atom. The summed E-state index contributed by atoms with van der Waals surface area (Å²) in [6, 6.07) is 10.8. The molecule has 0 amide bonds. The van der Waals surface area contributed by atoms with Crippen molar-refractivity contribution in [3.8, 4) is 0 Å². The molecule has 0 aliphatic heterocycles. The van der Waals surface area contributed by atoms with Crippen LogP contribution in [0.2, 0.25) is 0 Å². The van der Waals surface area contributed by atoms with Crippen LogP contribution in [0.25, 0.3) is 5.65 Å². The van der Waals surface area contributed by atoms with Crippen LogP contribution in [0.4, 0.5) is 5.69 Å². The molecular weight excluding hydrogens is 294 g/mol. The van der Waals surface area contributed by atoms with Gasteiger partial charge in [-0.15, -0.1) is 10.2 Å². The molecule has 1 atom stereocenters. The standard InChI is InChI=1S/C16H17N5O2/c1-11-13(6-5-7-14(11)21(22)23)10-17-12(2)16-19-18-15-8-3-4-9-20(15)16/h3-9,12,17H,10H2,1-2H3/t12-/m0/s1. The molecule has 3 aromatic rings. The van der Waals surface area contributed by atoms with Gasteiger partial charge in [-0.2, -0.15) is 0 Å². The highest BCUT2D eigenvalue weighted by Gasteiger charge is 2.16. The zero-order chi connectivity index (χ0) is 16.4. The first-order valence-corrected chi connectivity index (χ1v) is 7.34. The Bertz CT molecular complexity index is 859. The maximum atomic E-state index is 11.0. The summed E-state index contributed by atoms with van der Waals surface area (Å²) in [5.41, 5.74) is 2.52. The number of rotatable bonds is 5. The van der Waals surface area contributed by atoms with Crippen molar-refractivity contribution < 1.29 is 4.92 Å². The topological polar surface area (TPSA) is 85.4 Å². The molecule has 23 heavy (non-hydrogen) atoms. The van der Waals surface area contributed by atoms with E-state index in [4.69, 9.17) is 0 Å². The molecule has 3 rings (SSSR count). The Morgan fingerprint density at radius 3 is 2.87 bits per heavy atom. The lowest BCUT2D eigenvalue weighted by Gasteiger charge is -2.13. The summed E-state index contributed by atoms with van der Waals surface area (Å²) in [6.07, 6.45) is 1.92. The molecule has 0 fully saturated rings. The van der Waals surface area contributed by atoms with Gasteiger partial charge in [0.1, 0.15) is 0 Å². The van der Waals surface area contributed by atoms with Crippen LogP contribution in [0.5, 0.6) is 0 Å². The Kier molecular flexibility index (Phi) is 4.03. The fourth-order valence-corrected chi connectivity index (χ4v) is 2.57. The number of pyridine rings is 1. The highest BCUT2D eigenvalue weighted by Crippen LogP contribution is 2.21. The number of fused-ring (bicyclic) bond motifs is 1. The molecule has 7 heteroatoms. The highest BCUT2D eigenvalue weighted by molar-refractivity contribution is 5.44. The maximum absolute atomic E-state index is 11.0. The highest BCUT2D eigenvalue weighted by atomic mass is 16.6. The van der Waals surface area contributed by atoms with Gasteiger partial charge in [-0.05, 0) is 31.5 Å². The largest absolute Gasteiger partial charge is 0.303 e. The number of nitro benzene ring substituents is 1. The van der Waals surface area contributed by atoms with Crippen molar-refractivity contribution in [1.82, 2.24) is 19.9 Å². The van der Waals surface area contributed by atoms with E-state index >= 15 is 0 Å². The monoisotopic (exact) mass is 311 g/mol. The lowest BCUT2D eigenvalue weighted by atomic mass is 10.1. The fraction of sp³-hybridized carbons (Fsp3) is 0.250. The van der Waals surface area contributed by atoms with Gasteiger partial charge in [0.25, 0.3) is 5.69 Å². The molecule has 0 saturated carbocycles. The molecule has 2 heterocycles. The zero-order valence-electron chi connectivity index (χ0n) is 12.9. The molecule has 0 radical (unpaired) electrons. The second kappa shape index (κ2) is 6.13. The predicted octanol–water partition coefficient (Wildman–Crippen LogP) is 2.80. The lowest BCUT2D eigenvalue weighted by molar-refractivity contribution is -0.385. The van der Waals surface area contributed by atoms with Gasteiger partial charge >= 0.3 is 0 Å². The van der Waals surface area contributed by atoms with Gasteiger partial charge in [-0.25, -0.2) is 0 Å². The fourth-order valence-electron chi connectivity index (χ4n) is 2.57. The molecule has 0 unspecified atom stereocenters. The summed E-state index contributed by atoms with van der Waals surface area (Å²) >= 11 is 0. The molecular formula is C16H17N5O2. The van der Waals surface area contributed by atoms with Crippen LogP contribution in [-0.4, -0.2) is 19.5 Å². The Hall–Kier alpha value is -2.80. The Morgan fingerprint density at radius 2 is 2.09 bits per heavy atom. The smallest absolute Gasteiger partial charge is 0.272 e. The van der Waals surface area contributed by atoms with Crippen molar-refractivity contribution in [2.24, 2.45) is 0 Å². The summed E-state index contributed by atoms with van der Waals surface area (Å²) in [5.74, 6) is 0.809. The van der Waals surface area contributed by atoms with Gasteiger partial charge in [-0.1, -0.05) is 18.2 Å². The lowest BCUT2D eigenvalue weighted by Crippen LogP contribution is -2.21. The van der Waals surface area contributed by atoms with Gasteiger partial charge < -0.3 is 5.32 Å². The number of aromatic nitrogens is 3. The van der Waals surface area contributed by atoms with Gasteiger partial charge in [-0.3, -0.25) is 14.5 Å². The number of benzene rings is 1. The second-order valence-electron chi connectivity index (χ2n) is 5.41. The van der Waals surface area contributed by atoms with Crippen molar-refractivity contribution in [3.05, 3.63) is 69.7 Å². The molecule has 0 saturated heterocycles. The van der Waals surface area contributed by atoms with Crippen molar-refractivity contribution in [3.63, 3.8) is 0 Å². The van der Waals surface area contributed by atoms with Crippen molar-refractivity contribution in [2.45, 2.75) is 26.4 Å². The zero-order valence-corrected chi connectivity index (χ0v) is 12.9. The minimum absolute atomic E-state index is 0.0361. The van der Waals surface area contributed by atoms with Gasteiger partial charge in [0, 0.05) is 24.4 Å². The minimum Gasteiger partial charge on any atom is -0.303 e.